The minimum absolute atomic E-state index is 0.295. The van der Waals surface area contributed by atoms with Gasteiger partial charge in [-0.15, -0.1) is 0 Å². The summed E-state index contributed by atoms with van der Waals surface area (Å²) in [5.74, 6) is 0.474. The van der Waals surface area contributed by atoms with Crippen molar-refractivity contribution < 1.29 is 22.5 Å². The van der Waals surface area contributed by atoms with Crippen molar-refractivity contribution in [3.05, 3.63) is 51.9 Å². The van der Waals surface area contributed by atoms with Gasteiger partial charge in [0.15, 0.2) is 0 Å². The molecule has 134 valence electrons. The second kappa shape index (κ2) is 6.71. The van der Waals surface area contributed by atoms with Crippen LogP contribution in [0.25, 0.3) is 0 Å². The van der Waals surface area contributed by atoms with Crippen LogP contribution in [0.4, 0.5) is 24.9 Å². The number of halogens is 3. The van der Waals surface area contributed by atoms with Gasteiger partial charge in [-0.25, -0.2) is 4.98 Å². The largest absolute Gasteiger partial charge is 0.433 e. The molecule has 2 aromatic rings. The fraction of sp³-hybridized carbons (Fsp3) is 0.400. The van der Waals surface area contributed by atoms with E-state index in [2.05, 4.69) is 4.98 Å². The second-order valence-corrected chi connectivity index (χ2v) is 5.64. The molecule has 0 aliphatic carbocycles. The van der Waals surface area contributed by atoms with Gasteiger partial charge in [0, 0.05) is 26.2 Å². The molecule has 25 heavy (non-hydrogen) atoms. The average Bonchev–Trinajstić information content (AvgIpc) is 3.04. The maximum absolute atomic E-state index is 12.8. The van der Waals surface area contributed by atoms with Gasteiger partial charge in [0.05, 0.1) is 12.6 Å². The summed E-state index contributed by atoms with van der Waals surface area (Å²) >= 11 is 0. The zero-order valence-electron chi connectivity index (χ0n) is 13.1. The zero-order chi connectivity index (χ0) is 18.0. The predicted octanol–water partition coefficient (Wildman–Crippen LogP) is 2.92. The summed E-state index contributed by atoms with van der Waals surface area (Å²) in [6.07, 6.45) is -4.47. The van der Waals surface area contributed by atoms with E-state index in [1.165, 1.54) is 12.1 Å². The van der Waals surface area contributed by atoms with Gasteiger partial charge in [0.2, 0.25) is 0 Å². The lowest BCUT2D eigenvalue weighted by atomic mass is 10.2. The molecule has 1 fully saturated rings. The summed E-state index contributed by atoms with van der Waals surface area (Å²) in [6, 6.07) is 6.71. The third-order valence-electron chi connectivity index (χ3n) is 3.93. The van der Waals surface area contributed by atoms with Crippen molar-refractivity contribution in [1.29, 1.82) is 0 Å². The highest BCUT2D eigenvalue weighted by Gasteiger charge is 2.33. The summed E-state index contributed by atoms with van der Waals surface area (Å²) < 4.78 is 43.4. The number of hydrogen-bond acceptors (Lipinski definition) is 6. The number of nitrogens with zero attached hydrogens (tertiary/aromatic N) is 4. The molecule has 0 radical (unpaired) electrons. The summed E-state index contributed by atoms with van der Waals surface area (Å²) in [4.78, 5) is 17.5. The number of nitro groups is 1. The van der Waals surface area contributed by atoms with E-state index in [1.807, 2.05) is 4.90 Å². The Morgan fingerprint density at radius 1 is 1.16 bits per heavy atom. The fourth-order valence-corrected chi connectivity index (χ4v) is 2.66. The Labute approximate surface area is 140 Å². The van der Waals surface area contributed by atoms with Crippen LogP contribution in [0, 0.1) is 10.1 Å². The Kier molecular flexibility index (Phi) is 4.62. The molecule has 1 aliphatic heterocycles. The smallest absolute Gasteiger partial charge is 0.404 e. The predicted molar refractivity (Wildman–Crippen MR) is 82.1 cm³/mol. The van der Waals surface area contributed by atoms with Gasteiger partial charge < -0.3 is 9.32 Å². The van der Waals surface area contributed by atoms with Gasteiger partial charge in [0.1, 0.15) is 22.2 Å². The molecule has 0 bridgehead atoms. The first-order valence-electron chi connectivity index (χ1n) is 7.57. The molecule has 0 N–H and O–H groups in total. The fourth-order valence-electron chi connectivity index (χ4n) is 2.66. The van der Waals surface area contributed by atoms with Crippen LogP contribution in [0.15, 0.2) is 34.7 Å². The molecule has 0 saturated carbocycles. The van der Waals surface area contributed by atoms with E-state index < -0.39 is 16.8 Å². The van der Waals surface area contributed by atoms with Crippen LogP contribution in [-0.4, -0.2) is 41.0 Å². The van der Waals surface area contributed by atoms with E-state index in [-0.39, 0.29) is 5.88 Å². The molecule has 7 nitrogen and oxygen atoms in total. The van der Waals surface area contributed by atoms with Crippen molar-refractivity contribution in [3.8, 4) is 0 Å². The maximum atomic E-state index is 12.8. The summed E-state index contributed by atoms with van der Waals surface area (Å²) in [7, 11) is 0. The standard InChI is InChI=1S/C15H15F3N4O3/c16-15(17,18)12-2-1-3-13(19-12)21-8-6-20(7-9-21)10-11-4-5-14(25-11)22(23)24/h1-5H,6-10H2. The first-order chi connectivity index (χ1) is 11.8. The number of aromatic nitrogens is 1. The number of hydrogen-bond donors (Lipinski definition) is 0. The molecule has 0 atom stereocenters. The van der Waals surface area contributed by atoms with Gasteiger partial charge in [0.25, 0.3) is 0 Å². The molecule has 0 spiro atoms. The van der Waals surface area contributed by atoms with E-state index in [0.717, 1.165) is 6.07 Å². The zero-order valence-corrected chi connectivity index (χ0v) is 13.1. The van der Waals surface area contributed by atoms with Crippen molar-refractivity contribution in [1.82, 2.24) is 9.88 Å². The van der Waals surface area contributed by atoms with Gasteiger partial charge in [-0.3, -0.25) is 15.0 Å². The summed E-state index contributed by atoms with van der Waals surface area (Å²) in [5, 5.41) is 10.6. The summed E-state index contributed by atoms with van der Waals surface area (Å²) in [5.41, 5.74) is -0.907. The average molecular weight is 356 g/mol. The number of furan rings is 1. The lowest BCUT2D eigenvalue weighted by Crippen LogP contribution is -2.46. The van der Waals surface area contributed by atoms with Gasteiger partial charge >= 0.3 is 12.1 Å². The summed E-state index contributed by atoms with van der Waals surface area (Å²) in [6.45, 7) is 2.62. The molecular weight excluding hydrogens is 341 g/mol. The van der Waals surface area contributed by atoms with Crippen molar-refractivity contribution in [2.45, 2.75) is 12.7 Å². The molecule has 0 aromatic carbocycles. The molecule has 1 aliphatic rings. The molecule has 0 amide bonds. The lowest BCUT2D eigenvalue weighted by Gasteiger charge is -2.35. The maximum Gasteiger partial charge on any atom is 0.433 e. The van der Waals surface area contributed by atoms with Crippen molar-refractivity contribution >= 4 is 11.7 Å². The topological polar surface area (TPSA) is 75.7 Å². The first-order valence-corrected chi connectivity index (χ1v) is 7.57. The van der Waals surface area contributed by atoms with E-state index in [4.69, 9.17) is 4.42 Å². The molecule has 2 aromatic heterocycles. The van der Waals surface area contributed by atoms with Crippen LogP contribution in [0.1, 0.15) is 11.5 Å². The lowest BCUT2D eigenvalue weighted by molar-refractivity contribution is -0.402. The molecule has 3 rings (SSSR count). The van der Waals surface area contributed by atoms with Crippen LogP contribution in [0.5, 0.6) is 0 Å². The highest BCUT2D eigenvalue weighted by Crippen LogP contribution is 2.29. The quantitative estimate of drug-likeness (QED) is 0.619. The third-order valence-corrected chi connectivity index (χ3v) is 3.93. The number of anilines is 1. The number of rotatable bonds is 4. The van der Waals surface area contributed by atoms with E-state index in [0.29, 0.717) is 44.3 Å². The van der Waals surface area contributed by atoms with Crippen molar-refractivity contribution in [2.24, 2.45) is 0 Å². The van der Waals surface area contributed by atoms with E-state index in [9.17, 15) is 23.3 Å². The SMILES string of the molecule is O=[N+]([O-])c1ccc(CN2CCN(c3cccc(C(F)(F)F)n3)CC2)o1. The molecular formula is C15H15F3N4O3. The Bertz CT molecular complexity index is 754. The molecule has 10 heteroatoms. The third kappa shape index (κ3) is 4.08. The Morgan fingerprint density at radius 3 is 2.48 bits per heavy atom. The van der Waals surface area contributed by atoms with E-state index in [1.54, 1.807) is 17.0 Å². The number of piperazine rings is 1. The highest BCUT2D eigenvalue weighted by atomic mass is 19.4. The minimum atomic E-state index is -4.47. The van der Waals surface area contributed by atoms with E-state index >= 15 is 0 Å². The Morgan fingerprint density at radius 2 is 1.88 bits per heavy atom. The Balaban J connectivity index is 1.59. The first kappa shape index (κ1) is 17.2. The molecule has 0 unspecified atom stereocenters. The number of pyridine rings is 1. The van der Waals surface area contributed by atoms with Gasteiger partial charge in [-0.1, -0.05) is 6.07 Å². The van der Waals surface area contributed by atoms with Crippen molar-refractivity contribution in [3.63, 3.8) is 0 Å². The minimum Gasteiger partial charge on any atom is -0.404 e. The second-order valence-electron chi connectivity index (χ2n) is 5.64. The van der Waals surface area contributed by atoms with Crippen LogP contribution in [-0.2, 0) is 12.7 Å². The van der Waals surface area contributed by atoms with Crippen LogP contribution >= 0.6 is 0 Å². The Hall–Kier alpha value is -2.62. The van der Waals surface area contributed by atoms with Crippen LogP contribution < -0.4 is 4.90 Å². The monoisotopic (exact) mass is 356 g/mol. The molecule has 3 heterocycles. The highest BCUT2D eigenvalue weighted by molar-refractivity contribution is 5.40. The van der Waals surface area contributed by atoms with Crippen molar-refractivity contribution in [2.75, 3.05) is 31.1 Å². The van der Waals surface area contributed by atoms with Gasteiger partial charge in [-0.05, 0) is 18.2 Å². The molecule has 1 saturated heterocycles. The normalized spacial score (nSPS) is 16.2. The van der Waals surface area contributed by atoms with Crippen LogP contribution in [0.2, 0.25) is 0 Å². The van der Waals surface area contributed by atoms with Gasteiger partial charge in [-0.2, -0.15) is 13.2 Å². The van der Waals surface area contributed by atoms with Crippen LogP contribution in [0.3, 0.4) is 0 Å². The number of alkyl halides is 3.